The topological polar surface area (TPSA) is 15.3 Å². The maximum Gasteiger partial charge on any atom is 0.0386 e. The van der Waals surface area contributed by atoms with Gasteiger partial charge in [0.1, 0.15) is 0 Å². The summed E-state index contributed by atoms with van der Waals surface area (Å²) in [6.45, 7) is 7.97. The van der Waals surface area contributed by atoms with E-state index in [1.165, 1.54) is 23.4 Å². The van der Waals surface area contributed by atoms with E-state index in [9.17, 15) is 0 Å². The lowest BCUT2D eigenvalue weighted by atomic mass is 10.1. The van der Waals surface area contributed by atoms with Gasteiger partial charge < -0.3 is 5.32 Å². The van der Waals surface area contributed by atoms with E-state index in [-0.39, 0.29) is 0 Å². The molecule has 0 bridgehead atoms. The molecule has 2 heteroatoms. The zero-order chi connectivity index (χ0) is 10.8. The van der Waals surface area contributed by atoms with Crippen LogP contribution in [0.5, 0.6) is 0 Å². The molecule has 0 amide bonds. The first-order valence-corrected chi connectivity index (χ1v) is 5.71. The van der Waals surface area contributed by atoms with Crippen LogP contribution >= 0.6 is 0 Å². The third kappa shape index (κ3) is 2.15. The second kappa shape index (κ2) is 4.23. The fraction of sp³-hybridized carbons (Fsp3) is 0.538. The van der Waals surface area contributed by atoms with E-state index in [2.05, 4.69) is 42.3 Å². The van der Waals surface area contributed by atoms with Crippen molar-refractivity contribution in [2.24, 2.45) is 5.92 Å². The van der Waals surface area contributed by atoms with Crippen molar-refractivity contribution in [3.05, 3.63) is 29.3 Å². The second-order valence-corrected chi connectivity index (χ2v) is 4.76. The Morgan fingerprint density at radius 1 is 1.33 bits per heavy atom. The average Bonchev–Trinajstić information content (AvgIpc) is 2.58. The zero-order valence-electron chi connectivity index (χ0n) is 9.88. The van der Waals surface area contributed by atoms with Crippen LogP contribution in [0.1, 0.15) is 25.0 Å². The number of hydrogen-bond acceptors (Lipinski definition) is 2. The lowest BCUT2D eigenvalue weighted by Gasteiger charge is -2.17. The van der Waals surface area contributed by atoms with Crippen LogP contribution in [0.4, 0.5) is 5.69 Å². The van der Waals surface area contributed by atoms with E-state index >= 15 is 0 Å². The van der Waals surface area contributed by atoms with Crippen molar-refractivity contribution in [1.29, 1.82) is 0 Å². The monoisotopic (exact) mass is 204 g/mol. The van der Waals surface area contributed by atoms with Crippen molar-refractivity contribution in [3.8, 4) is 0 Å². The first-order chi connectivity index (χ1) is 7.20. The summed E-state index contributed by atoms with van der Waals surface area (Å²) >= 11 is 0. The normalized spacial score (nSPS) is 15.7. The molecular formula is C13H20N2. The van der Waals surface area contributed by atoms with Crippen LogP contribution in [0.3, 0.4) is 0 Å². The van der Waals surface area contributed by atoms with Crippen LogP contribution in [0, 0.1) is 5.92 Å². The highest BCUT2D eigenvalue weighted by molar-refractivity contribution is 5.55. The number of anilines is 1. The molecule has 0 unspecified atom stereocenters. The number of benzene rings is 1. The average molecular weight is 204 g/mol. The lowest BCUT2D eigenvalue weighted by molar-refractivity contribution is 0.251. The Kier molecular flexibility index (Phi) is 2.96. The molecule has 0 atom stereocenters. The van der Waals surface area contributed by atoms with Crippen LogP contribution < -0.4 is 5.32 Å². The van der Waals surface area contributed by atoms with E-state index < -0.39 is 0 Å². The van der Waals surface area contributed by atoms with Crippen molar-refractivity contribution >= 4 is 5.69 Å². The zero-order valence-corrected chi connectivity index (χ0v) is 9.88. The van der Waals surface area contributed by atoms with Crippen molar-refractivity contribution in [1.82, 2.24) is 4.90 Å². The van der Waals surface area contributed by atoms with Crippen molar-refractivity contribution in [2.45, 2.75) is 26.9 Å². The highest BCUT2D eigenvalue weighted by Gasteiger charge is 2.21. The molecule has 1 N–H and O–H groups in total. The molecule has 1 heterocycles. The first-order valence-electron chi connectivity index (χ1n) is 5.71. The summed E-state index contributed by atoms with van der Waals surface area (Å²) in [6, 6.07) is 6.55. The number of hydrogen-bond donors (Lipinski definition) is 1. The fourth-order valence-electron chi connectivity index (χ4n) is 2.37. The van der Waals surface area contributed by atoms with Crippen LogP contribution in [0.15, 0.2) is 18.2 Å². The van der Waals surface area contributed by atoms with E-state index in [0.29, 0.717) is 0 Å². The quantitative estimate of drug-likeness (QED) is 0.814. The Morgan fingerprint density at radius 3 is 2.80 bits per heavy atom. The summed E-state index contributed by atoms with van der Waals surface area (Å²) in [7, 11) is 2.00. The Morgan fingerprint density at radius 2 is 2.13 bits per heavy atom. The molecule has 1 aromatic carbocycles. The minimum Gasteiger partial charge on any atom is -0.388 e. The standard InChI is InChI=1S/C13H20N2/c1-10(2)7-15-8-11-5-4-6-13(14-3)12(11)9-15/h4-6,10,14H,7-9H2,1-3H3. The first kappa shape index (κ1) is 10.5. The molecule has 1 aromatic rings. The maximum absolute atomic E-state index is 3.27. The number of nitrogens with zero attached hydrogens (tertiary/aromatic N) is 1. The van der Waals surface area contributed by atoms with Gasteiger partial charge in [0.2, 0.25) is 0 Å². The van der Waals surface area contributed by atoms with Crippen LogP contribution in [0.25, 0.3) is 0 Å². The molecule has 1 aliphatic rings. The van der Waals surface area contributed by atoms with E-state index in [1.807, 2.05) is 7.05 Å². The van der Waals surface area contributed by atoms with Gasteiger partial charge in [0.05, 0.1) is 0 Å². The highest BCUT2D eigenvalue weighted by Crippen LogP contribution is 2.29. The van der Waals surface area contributed by atoms with Gasteiger partial charge in [-0.15, -0.1) is 0 Å². The molecule has 82 valence electrons. The summed E-state index contributed by atoms with van der Waals surface area (Å²) in [4.78, 5) is 2.52. The van der Waals surface area contributed by atoms with Gasteiger partial charge in [0, 0.05) is 32.4 Å². The molecule has 15 heavy (non-hydrogen) atoms. The SMILES string of the molecule is CNc1cccc2c1CN(CC(C)C)C2. The fourth-order valence-corrected chi connectivity index (χ4v) is 2.37. The van der Waals surface area contributed by atoms with Gasteiger partial charge in [0.25, 0.3) is 0 Å². The summed E-state index contributed by atoms with van der Waals surface area (Å²) < 4.78 is 0. The lowest BCUT2D eigenvalue weighted by Crippen LogP contribution is -2.21. The Hall–Kier alpha value is -1.02. The van der Waals surface area contributed by atoms with E-state index in [0.717, 1.165) is 19.0 Å². The Balaban J connectivity index is 2.16. The number of rotatable bonds is 3. The maximum atomic E-state index is 3.27. The van der Waals surface area contributed by atoms with E-state index in [4.69, 9.17) is 0 Å². The predicted molar refractivity (Wildman–Crippen MR) is 64.9 cm³/mol. The summed E-state index contributed by atoms with van der Waals surface area (Å²) in [5.74, 6) is 0.748. The highest BCUT2D eigenvalue weighted by atomic mass is 15.1. The van der Waals surface area contributed by atoms with Crippen LogP contribution in [-0.4, -0.2) is 18.5 Å². The molecule has 0 spiro atoms. The van der Waals surface area contributed by atoms with E-state index in [1.54, 1.807) is 0 Å². The van der Waals surface area contributed by atoms with Gasteiger partial charge in [-0.2, -0.15) is 0 Å². The molecule has 0 aromatic heterocycles. The van der Waals surface area contributed by atoms with Gasteiger partial charge in [-0.1, -0.05) is 26.0 Å². The van der Waals surface area contributed by atoms with Gasteiger partial charge in [-0.3, -0.25) is 4.90 Å². The third-order valence-corrected chi connectivity index (χ3v) is 2.94. The van der Waals surface area contributed by atoms with Crippen molar-refractivity contribution in [3.63, 3.8) is 0 Å². The minimum atomic E-state index is 0.748. The number of fused-ring (bicyclic) bond motifs is 1. The Bertz CT molecular complexity index is 344. The molecule has 0 aliphatic carbocycles. The van der Waals surface area contributed by atoms with Gasteiger partial charge in [0.15, 0.2) is 0 Å². The van der Waals surface area contributed by atoms with Crippen molar-refractivity contribution < 1.29 is 0 Å². The molecule has 1 aliphatic heterocycles. The smallest absolute Gasteiger partial charge is 0.0386 e. The van der Waals surface area contributed by atoms with Crippen LogP contribution in [-0.2, 0) is 13.1 Å². The van der Waals surface area contributed by atoms with Gasteiger partial charge >= 0.3 is 0 Å². The largest absolute Gasteiger partial charge is 0.388 e. The molecule has 0 saturated carbocycles. The summed E-state index contributed by atoms with van der Waals surface area (Å²) in [6.07, 6.45) is 0. The molecular weight excluding hydrogens is 184 g/mol. The minimum absolute atomic E-state index is 0.748. The Labute approximate surface area is 92.3 Å². The summed E-state index contributed by atoms with van der Waals surface area (Å²) in [5, 5.41) is 3.27. The molecule has 0 saturated heterocycles. The van der Waals surface area contributed by atoms with Crippen molar-refractivity contribution in [2.75, 3.05) is 18.9 Å². The molecule has 2 nitrogen and oxygen atoms in total. The third-order valence-electron chi connectivity index (χ3n) is 2.94. The number of nitrogens with one attached hydrogen (secondary N) is 1. The molecule has 0 fully saturated rings. The second-order valence-electron chi connectivity index (χ2n) is 4.76. The van der Waals surface area contributed by atoms with Gasteiger partial charge in [-0.05, 0) is 23.1 Å². The molecule has 2 rings (SSSR count). The van der Waals surface area contributed by atoms with Gasteiger partial charge in [-0.25, -0.2) is 0 Å². The van der Waals surface area contributed by atoms with Crippen LogP contribution in [0.2, 0.25) is 0 Å². The molecule has 0 radical (unpaired) electrons. The summed E-state index contributed by atoms with van der Waals surface area (Å²) in [5.41, 5.74) is 4.27. The predicted octanol–water partition coefficient (Wildman–Crippen LogP) is 2.70.